The van der Waals surface area contributed by atoms with Crippen LogP contribution in [0, 0.1) is 0 Å². The molecular formula is C17H11Br2NO2. The number of carbonyl (C=O) groups is 1. The summed E-state index contributed by atoms with van der Waals surface area (Å²) in [7, 11) is 1.38. The van der Waals surface area contributed by atoms with Gasteiger partial charge in [0, 0.05) is 19.9 Å². The van der Waals surface area contributed by atoms with Gasteiger partial charge in [0.2, 0.25) is 0 Å². The van der Waals surface area contributed by atoms with E-state index in [1.54, 1.807) is 6.07 Å². The number of aromatic nitrogens is 1. The number of ether oxygens (including phenoxy) is 1. The average molecular weight is 421 g/mol. The number of methoxy groups -OCH3 is 1. The summed E-state index contributed by atoms with van der Waals surface area (Å²) in [6.45, 7) is 0. The van der Waals surface area contributed by atoms with Crippen LogP contribution in [0.1, 0.15) is 10.4 Å². The number of hydrogen-bond donors (Lipinski definition) is 0. The molecule has 0 aliphatic rings. The van der Waals surface area contributed by atoms with Crippen LogP contribution in [0.3, 0.4) is 0 Å². The SMILES string of the molecule is COC(=O)c1cc(-c2ccc(Br)cc2)nc2ccc(Br)cc12. The summed E-state index contributed by atoms with van der Waals surface area (Å²) < 4.78 is 6.79. The second-order valence-corrected chi connectivity index (χ2v) is 6.55. The molecule has 1 aromatic heterocycles. The van der Waals surface area contributed by atoms with Crippen molar-refractivity contribution in [2.45, 2.75) is 0 Å². The molecule has 0 unspecified atom stereocenters. The van der Waals surface area contributed by atoms with Crippen molar-refractivity contribution in [1.82, 2.24) is 4.98 Å². The van der Waals surface area contributed by atoms with Gasteiger partial charge in [0.25, 0.3) is 0 Å². The first-order valence-corrected chi connectivity index (χ1v) is 8.11. The molecule has 0 radical (unpaired) electrons. The minimum Gasteiger partial charge on any atom is -0.465 e. The van der Waals surface area contributed by atoms with Gasteiger partial charge in [0.05, 0.1) is 23.9 Å². The van der Waals surface area contributed by atoms with Crippen molar-refractivity contribution < 1.29 is 9.53 Å². The summed E-state index contributed by atoms with van der Waals surface area (Å²) in [6, 6.07) is 15.2. The van der Waals surface area contributed by atoms with E-state index in [1.165, 1.54) is 7.11 Å². The molecule has 3 rings (SSSR count). The Kier molecular flexibility index (Phi) is 4.27. The van der Waals surface area contributed by atoms with Gasteiger partial charge < -0.3 is 4.74 Å². The van der Waals surface area contributed by atoms with Crippen LogP contribution < -0.4 is 0 Å². The minimum atomic E-state index is -0.371. The van der Waals surface area contributed by atoms with Gasteiger partial charge >= 0.3 is 5.97 Å². The second-order valence-electron chi connectivity index (χ2n) is 4.72. The zero-order chi connectivity index (χ0) is 15.7. The van der Waals surface area contributed by atoms with E-state index in [0.29, 0.717) is 5.56 Å². The summed E-state index contributed by atoms with van der Waals surface area (Å²) in [6.07, 6.45) is 0. The first kappa shape index (κ1) is 15.2. The van der Waals surface area contributed by atoms with Crippen molar-refractivity contribution in [3.63, 3.8) is 0 Å². The number of halogens is 2. The molecule has 110 valence electrons. The lowest BCUT2D eigenvalue weighted by Crippen LogP contribution is -2.04. The highest BCUT2D eigenvalue weighted by molar-refractivity contribution is 9.10. The van der Waals surface area contributed by atoms with Crippen LogP contribution in [-0.2, 0) is 4.74 Å². The molecule has 0 saturated heterocycles. The molecule has 0 spiro atoms. The van der Waals surface area contributed by atoms with Gasteiger partial charge in [-0.1, -0.05) is 44.0 Å². The molecule has 0 amide bonds. The monoisotopic (exact) mass is 419 g/mol. The maximum absolute atomic E-state index is 12.1. The van der Waals surface area contributed by atoms with Gasteiger partial charge in [-0.2, -0.15) is 0 Å². The minimum absolute atomic E-state index is 0.371. The average Bonchev–Trinajstić information content (AvgIpc) is 2.54. The maximum Gasteiger partial charge on any atom is 0.338 e. The summed E-state index contributed by atoms with van der Waals surface area (Å²) in [5.74, 6) is -0.371. The summed E-state index contributed by atoms with van der Waals surface area (Å²) in [5, 5.41) is 0.766. The largest absolute Gasteiger partial charge is 0.465 e. The lowest BCUT2D eigenvalue weighted by molar-refractivity contribution is 0.0603. The molecule has 0 fully saturated rings. The lowest BCUT2D eigenvalue weighted by Gasteiger charge is -2.09. The van der Waals surface area contributed by atoms with E-state index >= 15 is 0 Å². The van der Waals surface area contributed by atoms with Gasteiger partial charge in [-0.15, -0.1) is 0 Å². The number of hydrogen-bond acceptors (Lipinski definition) is 3. The predicted octanol–water partition coefficient (Wildman–Crippen LogP) is 5.21. The van der Waals surface area contributed by atoms with Gasteiger partial charge in [-0.3, -0.25) is 0 Å². The summed E-state index contributed by atoms with van der Waals surface area (Å²) in [4.78, 5) is 16.8. The normalized spacial score (nSPS) is 10.7. The Balaban J connectivity index is 2.26. The molecule has 0 atom stereocenters. The first-order chi connectivity index (χ1) is 10.6. The molecule has 3 nitrogen and oxygen atoms in total. The van der Waals surface area contributed by atoms with Crippen molar-refractivity contribution >= 4 is 48.7 Å². The predicted molar refractivity (Wildman–Crippen MR) is 93.9 cm³/mol. The fraction of sp³-hybridized carbons (Fsp3) is 0.0588. The fourth-order valence-corrected chi connectivity index (χ4v) is 2.87. The van der Waals surface area contributed by atoms with Crippen LogP contribution in [-0.4, -0.2) is 18.1 Å². The summed E-state index contributed by atoms with van der Waals surface area (Å²) in [5.41, 5.74) is 2.94. The van der Waals surface area contributed by atoms with E-state index in [0.717, 1.165) is 31.1 Å². The lowest BCUT2D eigenvalue weighted by atomic mass is 10.0. The Morgan fingerprint density at radius 1 is 1.00 bits per heavy atom. The van der Waals surface area contributed by atoms with Crippen molar-refractivity contribution in [2.75, 3.05) is 7.11 Å². The highest BCUT2D eigenvalue weighted by atomic mass is 79.9. The third-order valence-corrected chi connectivity index (χ3v) is 4.34. The van der Waals surface area contributed by atoms with Gasteiger partial charge in [0.15, 0.2) is 0 Å². The number of carbonyl (C=O) groups excluding carboxylic acids is 1. The van der Waals surface area contributed by atoms with Crippen molar-refractivity contribution in [2.24, 2.45) is 0 Å². The van der Waals surface area contributed by atoms with Crippen molar-refractivity contribution in [3.05, 3.63) is 63.0 Å². The molecule has 1 heterocycles. The molecule has 2 aromatic carbocycles. The number of esters is 1. The topological polar surface area (TPSA) is 39.2 Å². The van der Waals surface area contributed by atoms with Crippen molar-refractivity contribution in [3.8, 4) is 11.3 Å². The quantitative estimate of drug-likeness (QED) is 0.534. The Morgan fingerprint density at radius 3 is 2.36 bits per heavy atom. The first-order valence-electron chi connectivity index (χ1n) is 6.53. The molecule has 22 heavy (non-hydrogen) atoms. The van der Waals surface area contributed by atoms with Crippen LogP contribution in [0.25, 0.3) is 22.2 Å². The number of rotatable bonds is 2. The molecule has 0 aliphatic heterocycles. The number of fused-ring (bicyclic) bond motifs is 1. The molecule has 3 aromatic rings. The van der Waals surface area contributed by atoms with E-state index in [1.807, 2.05) is 42.5 Å². The highest BCUT2D eigenvalue weighted by Crippen LogP contribution is 2.28. The Labute approximate surface area is 144 Å². The van der Waals surface area contributed by atoms with Crippen LogP contribution in [0.2, 0.25) is 0 Å². The Hall–Kier alpha value is -1.72. The molecule has 0 aliphatic carbocycles. The summed E-state index contributed by atoms with van der Waals surface area (Å²) >= 11 is 6.84. The van der Waals surface area contributed by atoms with Gasteiger partial charge in [-0.25, -0.2) is 9.78 Å². The molecular weight excluding hydrogens is 410 g/mol. The van der Waals surface area contributed by atoms with Crippen LogP contribution in [0.15, 0.2) is 57.5 Å². The van der Waals surface area contributed by atoms with Gasteiger partial charge in [-0.05, 0) is 36.4 Å². The molecule has 0 N–H and O–H groups in total. The Morgan fingerprint density at radius 2 is 1.68 bits per heavy atom. The smallest absolute Gasteiger partial charge is 0.338 e. The fourth-order valence-electron chi connectivity index (χ4n) is 2.25. The third kappa shape index (κ3) is 2.91. The van der Waals surface area contributed by atoms with E-state index in [-0.39, 0.29) is 5.97 Å². The number of nitrogens with zero attached hydrogens (tertiary/aromatic N) is 1. The zero-order valence-electron chi connectivity index (χ0n) is 11.6. The standard InChI is InChI=1S/C17H11Br2NO2/c1-22-17(21)14-9-16(10-2-4-11(18)5-3-10)20-15-7-6-12(19)8-13(14)15/h2-9H,1H3. The highest BCUT2D eigenvalue weighted by Gasteiger charge is 2.14. The molecule has 5 heteroatoms. The molecule has 0 bridgehead atoms. The van der Waals surface area contributed by atoms with Crippen LogP contribution in [0.5, 0.6) is 0 Å². The Bertz CT molecular complexity index is 860. The van der Waals surface area contributed by atoms with E-state index in [9.17, 15) is 4.79 Å². The van der Waals surface area contributed by atoms with Crippen molar-refractivity contribution in [1.29, 1.82) is 0 Å². The van der Waals surface area contributed by atoms with Crippen LogP contribution >= 0.6 is 31.9 Å². The van der Waals surface area contributed by atoms with E-state index < -0.39 is 0 Å². The zero-order valence-corrected chi connectivity index (χ0v) is 14.8. The third-order valence-electron chi connectivity index (χ3n) is 3.32. The number of benzene rings is 2. The van der Waals surface area contributed by atoms with E-state index in [2.05, 4.69) is 36.8 Å². The second kappa shape index (κ2) is 6.18. The van der Waals surface area contributed by atoms with Crippen LogP contribution in [0.4, 0.5) is 0 Å². The number of pyridine rings is 1. The molecule has 0 saturated carbocycles. The van der Waals surface area contributed by atoms with E-state index in [4.69, 9.17) is 4.74 Å². The maximum atomic E-state index is 12.1. The van der Waals surface area contributed by atoms with Gasteiger partial charge in [0.1, 0.15) is 0 Å².